The molecular weight excluding hydrogens is 338 g/mol. The summed E-state index contributed by atoms with van der Waals surface area (Å²) in [6, 6.07) is 2.15. The van der Waals surface area contributed by atoms with Gasteiger partial charge in [-0.3, -0.25) is 0 Å². The van der Waals surface area contributed by atoms with E-state index < -0.39 is 0 Å². The van der Waals surface area contributed by atoms with Crippen molar-refractivity contribution in [3.63, 3.8) is 0 Å². The Bertz CT molecular complexity index is 540. The fourth-order valence-electron chi connectivity index (χ4n) is 4.10. The molecule has 27 heavy (non-hydrogen) atoms. The van der Waals surface area contributed by atoms with Crippen LogP contribution in [-0.2, 0) is 0 Å². The van der Waals surface area contributed by atoms with Crippen LogP contribution in [0, 0.1) is 6.92 Å². The Morgan fingerprint density at radius 1 is 0.704 bits per heavy atom. The van der Waals surface area contributed by atoms with Crippen molar-refractivity contribution in [2.75, 3.05) is 36.8 Å². The molecule has 3 rings (SSSR count). The average Bonchev–Trinajstić information content (AvgIpc) is 2.62. The lowest BCUT2D eigenvalue weighted by atomic mass is 10.0. The molecule has 0 aliphatic carbocycles. The smallest absolute Gasteiger partial charge is 0.227 e. The van der Waals surface area contributed by atoms with Gasteiger partial charge < -0.3 is 20.4 Å². The molecule has 2 fully saturated rings. The summed E-state index contributed by atoms with van der Waals surface area (Å²) in [4.78, 5) is 18.8. The molecule has 152 valence electrons. The number of rotatable bonds is 6. The highest BCUT2D eigenvalue weighted by Gasteiger charge is 2.23. The lowest BCUT2D eigenvalue weighted by molar-refractivity contribution is 0.177. The van der Waals surface area contributed by atoms with E-state index in [1.165, 1.54) is 0 Å². The first-order valence-corrected chi connectivity index (χ1v) is 10.6. The summed E-state index contributed by atoms with van der Waals surface area (Å²) in [5, 5.41) is 7.09. The maximum atomic E-state index is 4.66. The highest BCUT2D eigenvalue weighted by molar-refractivity contribution is 5.36. The molecule has 0 aromatic carbocycles. The van der Waals surface area contributed by atoms with Crippen molar-refractivity contribution < 1.29 is 0 Å². The van der Waals surface area contributed by atoms with E-state index in [9.17, 15) is 0 Å². The number of piperidine rings is 2. The molecular formula is C20H37N7. The standard InChI is InChI=1S/C20H37N7/c1-14(2)26-10-6-17(7-11-26)23-19-21-16(5)22-20(25-19)24-18-8-12-27(13-9-18)15(3)4/h14-15,17-18H,6-13H2,1-5H3,(H2,21,22,23,24,25). The van der Waals surface area contributed by atoms with Crippen molar-refractivity contribution >= 4 is 11.9 Å². The van der Waals surface area contributed by atoms with Crippen LogP contribution in [-0.4, -0.2) is 75.1 Å². The predicted octanol–water partition coefficient (Wildman–Crippen LogP) is 2.75. The lowest BCUT2D eigenvalue weighted by Gasteiger charge is -2.35. The summed E-state index contributed by atoms with van der Waals surface area (Å²) in [6.45, 7) is 15.6. The molecule has 0 atom stereocenters. The first-order valence-electron chi connectivity index (χ1n) is 10.6. The minimum Gasteiger partial charge on any atom is -0.351 e. The van der Waals surface area contributed by atoms with E-state index >= 15 is 0 Å². The molecule has 2 N–H and O–H groups in total. The Kier molecular flexibility index (Phi) is 6.87. The molecule has 1 aromatic heterocycles. The molecule has 0 saturated carbocycles. The van der Waals surface area contributed by atoms with Crippen molar-refractivity contribution in [1.82, 2.24) is 24.8 Å². The highest BCUT2D eigenvalue weighted by Crippen LogP contribution is 2.19. The fourth-order valence-corrected chi connectivity index (χ4v) is 4.10. The number of aromatic nitrogens is 3. The Morgan fingerprint density at radius 2 is 1.07 bits per heavy atom. The molecule has 7 nitrogen and oxygen atoms in total. The van der Waals surface area contributed by atoms with E-state index in [-0.39, 0.29) is 0 Å². The molecule has 2 saturated heterocycles. The fraction of sp³-hybridized carbons (Fsp3) is 0.850. The van der Waals surface area contributed by atoms with Crippen LogP contribution in [0.1, 0.15) is 59.2 Å². The molecule has 0 amide bonds. The minimum atomic E-state index is 0.448. The zero-order valence-electron chi connectivity index (χ0n) is 17.7. The van der Waals surface area contributed by atoms with Crippen LogP contribution >= 0.6 is 0 Å². The van der Waals surface area contributed by atoms with Crippen LogP contribution in [0.2, 0.25) is 0 Å². The van der Waals surface area contributed by atoms with Crippen LogP contribution in [0.15, 0.2) is 0 Å². The number of nitrogens with one attached hydrogen (secondary N) is 2. The first-order chi connectivity index (χ1) is 12.9. The SMILES string of the molecule is Cc1nc(NC2CCN(C(C)C)CC2)nc(NC2CCN(C(C)C)CC2)n1. The topological polar surface area (TPSA) is 69.2 Å². The molecule has 0 spiro atoms. The van der Waals surface area contributed by atoms with Gasteiger partial charge in [-0.25, -0.2) is 0 Å². The van der Waals surface area contributed by atoms with Gasteiger partial charge in [0.1, 0.15) is 5.82 Å². The summed E-state index contributed by atoms with van der Waals surface area (Å²) in [5.74, 6) is 2.20. The van der Waals surface area contributed by atoms with Gasteiger partial charge in [-0.05, 0) is 60.3 Å². The maximum Gasteiger partial charge on any atom is 0.227 e. The Balaban J connectivity index is 1.54. The highest BCUT2D eigenvalue weighted by atomic mass is 15.3. The third kappa shape index (κ3) is 5.75. The van der Waals surface area contributed by atoms with Crippen LogP contribution < -0.4 is 10.6 Å². The van der Waals surface area contributed by atoms with Crippen molar-refractivity contribution in [2.45, 2.75) is 84.5 Å². The van der Waals surface area contributed by atoms with Crippen LogP contribution in [0.4, 0.5) is 11.9 Å². The zero-order chi connectivity index (χ0) is 19.4. The van der Waals surface area contributed by atoms with Gasteiger partial charge in [0, 0.05) is 50.3 Å². The Morgan fingerprint density at radius 3 is 1.41 bits per heavy atom. The number of anilines is 2. The molecule has 1 aromatic rings. The monoisotopic (exact) mass is 375 g/mol. The summed E-state index contributed by atoms with van der Waals surface area (Å²) in [5.41, 5.74) is 0. The van der Waals surface area contributed by atoms with Gasteiger partial charge in [0.25, 0.3) is 0 Å². The summed E-state index contributed by atoms with van der Waals surface area (Å²) in [6.07, 6.45) is 4.55. The maximum absolute atomic E-state index is 4.66. The van der Waals surface area contributed by atoms with Crippen molar-refractivity contribution in [1.29, 1.82) is 0 Å². The van der Waals surface area contributed by atoms with Crippen LogP contribution in [0.25, 0.3) is 0 Å². The number of hydrogen-bond acceptors (Lipinski definition) is 7. The third-order valence-electron chi connectivity index (χ3n) is 5.93. The lowest BCUT2D eigenvalue weighted by Crippen LogP contribution is -2.43. The van der Waals surface area contributed by atoms with E-state index in [2.05, 4.69) is 63.1 Å². The minimum absolute atomic E-state index is 0.448. The second kappa shape index (κ2) is 9.15. The predicted molar refractivity (Wildman–Crippen MR) is 111 cm³/mol. The second-order valence-electron chi connectivity index (χ2n) is 8.63. The Hall–Kier alpha value is -1.47. The molecule has 0 unspecified atom stereocenters. The number of likely N-dealkylation sites (tertiary alicyclic amines) is 2. The summed E-state index contributed by atoms with van der Waals surface area (Å²) < 4.78 is 0. The molecule has 0 radical (unpaired) electrons. The van der Waals surface area contributed by atoms with E-state index in [0.717, 1.165) is 57.7 Å². The first kappa shape index (κ1) is 20.3. The van der Waals surface area contributed by atoms with E-state index in [0.29, 0.717) is 36.1 Å². The third-order valence-corrected chi connectivity index (χ3v) is 5.93. The van der Waals surface area contributed by atoms with Crippen molar-refractivity contribution in [3.8, 4) is 0 Å². The van der Waals surface area contributed by atoms with E-state index in [4.69, 9.17) is 0 Å². The normalized spacial score (nSPS) is 21.1. The van der Waals surface area contributed by atoms with Crippen molar-refractivity contribution in [2.24, 2.45) is 0 Å². The Labute approximate surface area is 164 Å². The number of nitrogens with zero attached hydrogens (tertiary/aromatic N) is 5. The summed E-state index contributed by atoms with van der Waals surface area (Å²) >= 11 is 0. The molecule has 7 heteroatoms. The molecule has 2 aliphatic heterocycles. The van der Waals surface area contributed by atoms with Gasteiger partial charge in [0.2, 0.25) is 11.9 Å². The van der Waals surface area contributed by atoms with Crippen molar-refractivity contribution in [3.05, 3.63) is 5.82 Å². The van der Waals surface area contributed by atoms with E-state index in [1.807, 2.05) is 6.92 Å². The molecule has 2 aliphatic rings. The quantitative estimate of drug-likeness (QED) is 0.792. The van der Waals surface area contributed by atoms with Crippen LogP contribution in [0.5, 0.6) is 0 Å². The van der Waals surface area contributed by atoms with Gasteiger partial charge in [-0.15, -0.1) is 0 Å². The van der Waals surface area contributed by atoms with E-state index in [1.54, 1.807) is 0 Å². The van der Waals surface area contributed by atoms with Gasteiger partial charge in [-0.2, -0.15) is 15.0 Å². The molecule has 0 bridgehead atoms. The van der Waals surface area contributed by atoms with Crippen LogP contribution in [0.3, 0.4) is 0 Å². The summed E-state index contributed by atoms with van der Waals surface area (Å²) in [7, 11) is 0. The van der Waals surface area contributed by atoms with Gasteiger partial charge in [-0.1, -0.05) is 0 Å². The number of hydrogen-bond donors (Lipinski definition) is 2. The molecule has 3 heterocycles. The average molecular weight is 376 g/mol. The zero-order valence-corrected chi connectivity index (χ0v) is 17.7. The second-order valence-corrected chi connectivity index (χ2v) is 8.63. The van der Waals surface area contributed by atoms with Gasteiger partial charge >= 0.3 is 0 Å². The number of aryl methyl sites for hydroxylation is 1. The van der Waals surface area contributed by atoms with Gasteiger partial charge in [0.05, 0.1) is 0 Å². The van der Waals surface area contributed by atoms with Gasteiger partial charge in [0.15, 0.2) is 0 Å². The largest absolute Gasteiger partial charge is 0.351 e.